The number of sulfonamides is 1. The van der Waals surface area contributed by atoms with Crippen LogP contribution in [0.25, 0.3) is 0 Å². The van der Waals surface area contributed by atoms with Gasteiger partial charge in [0.05, 0.1) is 23.1 Å². The zero-order valence-corrected chi connectivity index (χ0v) is 25.0. The molecule has 4 atom stereocenters. The summed E-state index contributed by atoms with van der Waals surface area (Å²) in [5.41, 5.74) is 0.523. The van der Waals surface area contributed by atoms with Gasteiger partial charge in [-0.3, -0.25) is 9.59 Å². The molecule has 1 saturated carbocycles. The van der Waals surface area contributed by atoms with Gasteiger partial charge in [-0.05, 0) is 60.6 Å². The minimum atomic E-state index is -3.49. The fourth-order valence-corrected chi connectivity index (χ4v) is 7.78. The third-order valence-corrected chi connectivity index (χ3v) is 10.9. The van der Waals surface area contributed by atoms with Crippen LogP contribution in [0.1, 0.15) is 69.5 Å². The molecular formula is C29H36Cl2N2O5S. The van der Waals surface area contributed by atoms with E-state index in [1.807, 2.05) is 44.2 Å². The summed E-state index contributed by atoms with van der Waals surface area (Å²) < 4.78 is 27.6. The highest BCUT2D eigenvalue weighted by molar-refractivity contribution is 7.90. The number of carbonyl (C=O) groups excluding carboxylic acids is 1. The average Bonchev–Trinajstić information content (AvgIpc) is 3.70. The second-order valence-electron chi connectivity index (χ2n) is 11.5. The lowest BCUT2D eigenvalue weighted by Gasteiger charge is -2.53. The van der Waals surface area contributed by atoms with Crippen molar-refractivity contribution in [3.63, 3.8) is 0 Å². The van der Waals surface area contributed by atoms with Gasteiger partial charge in [-0.1, -0.05) is 68.2 Å². The van der Waals surface area contributed by atoms with Crippen molar-refractivity contribution in [3.8, 4) is 0 Å². The van der Waals surface area contributed by atoms with E-state index in [4.69, 9.17) is 23.2 Å². The van der Waals surface area contributed by atoms with E-state index in [1.54, 1.807) is 37.1 Å². The third kappa shape index (κ3) is 6.29. The molecule has 39 heavy (non-hydrogen) atoms. The van der Waals surface area contributed by atoms with Crippen LogP contribution in [0, 0.1) is 11.3 Å². The average molecular weight is 596 g/mol. The number of carboxylic acids is 1. The Kier molecular flexibility index (Phi) is 8.72. The smallest absolute Gasteiger partial charge is 0.304 e. The SMILES string of the molecule is CC(C)C(CN(C)S(=O)(=O)C1CC1)N1C(=O)C(C)(CC(=O)O)CC(c2cccc(Cl)c2)C1c1ccc(Cl)cc1. The first-order valence-electron chi connectivity index (χ1n) is 13.2. The highest BCUT2D eigenvalue weighted by Crippen LogP contribution is 2.52. The number of aliphatic carboxylic acids is 1. The molecular weight excluding hydrogens is 559 g/mol. The molecule has 1 aliphatic heterocycles. The van der Waals surface area contributed by atoms with Crippen LogP contribution >= 0.6 is 23.2 Å². The van der Waals surface area contributed by atoms with Crippen molar-refractivity contribution in [2.24, 2.45) is 11.3 Å². The Morgan fingerprint density at radius 3 is 2.28 bits per heavy atom. The van der Waals surface area contributed by atoms with Crippen LogP contribution in [0.3, 0.4) is 0 Å². The van der Waals surface area contributed by atoms with E-state index in [0.29, 0.717) is 29.3 Å². The van der Waals surface area contributed by atoms with Crippen LogP contribution in [0.4, 0.5) is 0 Å². The van der Waals surface area contributed by atoms with E-state index < -0.39 is 33.5 Å². The molecule has 2 aromatic carbocycles. The van der Waals surface area contributed by atoms with Crippen LogP contribution < -0.4 is 0 Å². The molecule has 1 heterocycles. The molecule has 0 aromatic heterocycles. The second-order valence-corrected chi connectivity index (χ2v) is 14.7. The Bertz CT molecular complexity index is 1330. The van der Waals surface area contributed by atoms with Crippen molar-refractivity contribution >= 4 is 45.1 Å². The molecule has 1 N–H and O–H groups in total. The van der Waals surface area contributed by atoms with E-state index >= 15 is 0 Å². The Labute approximate surface area is 241 Å². The number of likely N-dealkylation sites (N-methyl/N-ethyl adjacent to an activating group) is 1. The number of benzene rings is 2. The number of nitrogens with zero attached hydrogens (tertiary/aromatic N) is 2. The predicted molar refractivity (Wildman–Crippen MR) is 153 cm³/mol. The maximum Gasteiger partial charge on any atom is 0.304 e. The highest BCUT2D eigenvalue weighted by atomic mass is 35.5. The molecule has 10 heteroatoms. The minimum absolute atomic E-state index is 0.109. The number of amides is 1. The van der Waals surface area contributed by atoms with Crippen molar-refractivity contribution in [1.29, 1.82) is 0 Å². The summed E-state index contributed by atoms with van der Waals surface area (Å²) in [6, 6.07) is 13.7. The minimum Gasteiger partial charge on any atom is -0.481 e. The number of hydrogen-bond acceptors (Lipinski definition) is 4. The van der Waals surface area contributed by atoms with Crippen LogP contribution in [-0.2, 0) is 19.6 Å². The van der Waals surface area contributed by atoms with Crippen LogP contribution in [0.2, 0.25) is 10.0 Å². The molecule has 4 rings (SSSR count). The molecule has 0 spiro atoms. The lowest BCUT2D eigenvalue weighted by Crippen LogP contribution is -2.59. The van der Waals surface area contributed by atoms with Crippen molar-refractivity contribution in [1.82, 2.24) is 9.21 Å². The standard InChI is InChI=1S/C29H36Cl2N2O5S/c1-18(2)25(17-32(4)39(37,38)23-12-13-23)33-27(19-8-10-21(30)11-9-19)24(20-6-5-7-22(31)14-20)15-29(3,28(33)36)16-26(34)35/h5-11,14,18,23-25,27H,12-13,15-17H2,1-4H3,(H,34,35). The lowest BCUT2D eigenvalue weighted by molar-refractivity contribution is -0.161. The number of likely N-dealkylation sites (tertiary alicyclic amines) is 1. The molecule has 7 nitrogen and oxygen atoms in total. The molecule has 1 saturated heterocycles. The van der Waals surface area contributed by atoms with Gasteiger partial charge in [-0.15, -0.1) is 0 Å². The summed E-state index contributed by atoms with van der Waals surface area (Å²) >= 11 is 12.6. The van der Waals surface area contributed by atoms with Gasteiger partial charge in [0.1, 0.15) is 0 Å². The third-order valence-electron chi connectivity index (χ3n) is 8.08. The van der Waals surface area contributed by atoms with E-state index in [9.17, 15) is 23.1 Å². The quantitative estimate of drug-likeness (QED) is 0.365. The first kappa shape index (κ1) is 29.8. The van der Waals surface area contributed by atoms with E-state index in [1.165, 1.54) is 4.31 Å². The van der Waals surface area contributed by atoms with E-state index in [2.05, 4.69) is 0 Å². The normalized spacial score (nSPS) is 24.8. The lowest BCUT2D eigenvalue weighted by atomic mass is 9.66. The fraction of sp³-hybridized carbons (Fsp3) is 0.517. The number of piperidine rings is 1. The first-order valence-corrected chi connectivity index (χ1v) is 15.5. The Morgan fingerprint density at radius 2 is 1.74 bits per heavy atom. The molecule has 2 aromatic rings. The fourth-order valence-electron chi connectivity index (χ4n) is 5.85. The number of hydrogen-bond donors (Lipinski definition) is 1. The van der Waals surface area contributed by atoms with Crippen LogP contribution in [0.5, 0.6) is 0 Å². The van der Waals surface area contributed by atoms with Crippen molar-refractivity contribution in [3.05, 3.63) is 69.7 Å². The molecule has 4 unspecified atom stereocenters. The summed E-state index contributed by atoms with van der Waals surface area (Å²) in [5.74, 6) is -1.76. The van der Waals surface area contributed by atoms with Crippen LogP contribution in [-0.4, -0.2) is 59.5 Å². The van der Waals surface area contributed by atoms with Gasteiger partial charge >= 0.3 is 5.97 Å². The maximum absolute atomic E-state index is 14.4. The Balaban J connectivity index is 1.89. The summed E-state index contributed by atoms with van der Waals surface area (Å²) in [7, 11) is -1.92. The summed E-state index contributed by atoms with van der Waals surface area (Å²) in [6.45, 7) is 5.74. The van der Waals surface area contributed by atoms with Gasteiger partial charge in [0, 0.05) is 35.6 Å². The Hall–Kier alpha value is -2.13. The van der Waals surface area contributed by atoms with Crippen LogP contribution in [0.15, 0.2) is 48.5 Å². The molecule has 2 fully saturated rings. The summed E-state index contributed by atoms with van der Waals surface area (Å²) in [5, 5.41) is 10.5. The van der Waals surface area contributed by atoms with Gasteiger partial charge < -0.3 is 10.0 Å². The zero-order valence-electron chi connectivity index (χ0n) is 22.7. The second kappa shape index (κ2) is 11.4. The monoisotopic (exact) mass is 594 g/mol. The molecule has 212 valence electrons. The maximum atomic E-state index is 14.4. The summed E-state index contributed by atoms with van der Waals surface area (Å²) in [4.78, 5) is 28.2. The number of rotatable bonds is 10. The van der Waals surface area contributed by atoms with Gasteiger partial charge in [0.15, 0.2) is 0 Å². The Morgan fingerprint density at radius 1 is 1.10 bits per heavy atom. The van der Waals surface area contributed by atoms with E-state index in [-0.39, 0.29) is 36.0 Å². The van der Waals surface area contributed by atoms with Gasteiger partial charge in [-0.25, -0.2) is 12.7 Å². The van der Waals surface area contributed by atoms with Gasteiger partial charge in [0.2, 0.25) is 15.9 Å². The van der Waals surface area contributed by atoms with Crippen molar-refractivity contribution < 1.29 is 23.1 Å². The zero-order chi connectivity index (χ0) is 28.7. The number of carboxylic acid groups (broad SMARTS) is 1. The summed E-state index contributed by atoms with van der Waals surface area (Å²) in [6.07, 6.45) is 1.24. The predicted octanol–water partition coefficient (Wildman–Crippen LogP) is 5.98. The largest absolute Gasteiger partial charge is 0.481 e. The number of carbonyl (C=O) groups is 2. The number of halogens is 2. The molecule has 2 aliphatic rings. The van der Waals surface area contributed by atoms with E-state index in [0.717, 1.165) is 11.1 Å². The topological polar surface area (TPSA) is 95.0 Å². The van der Waals surface area contributed by atoms with Crippen molar-refractivity contribution in [2.45, 2.75) is 69.7 Å². The molecule has 1 aliphatic carbocycles. The van der Waals surface area contributed by atoms with Gasteiger partial charge in [0.25, 0.3) is 0 Å². The first-order chi connectivity index (χ1) is 18.2. The highest BCUT2D eigenvalue weighted by Gasteiger charge is 2.53. The van der Waals surface area contributed by atoms with Gasteiger partial charge in [-0.2, -0.15) is 0 Å². The molecule has 0 bridgehead atoms. The molecule has 1 amide bonds. The molecule has 0 radical (unpaired) electrons. The van der Waals surface area contributed by atoms with Crippen molar-refractivity contribution in [2.75, 3.05) is 13.6 Å².